The van der Waals surface area contributed by atoms with Crippen molar-refractivity contribution in [1.29, 1.82) is 0 Å². The lowest BCUT2D eigenvalue weighted by Crippen LogP contribution is -2.06. The van der Waals surface area contributed by atoms with E-state index < -0.39 is 6.10 Å². The zero-order valence-corrected chi connectivity index (χ0v) is 9.74. The van der Waals surface area contributed by atoms with Crippen molar-refractivity contribution in [2.45, 2.75) is 19.4 Å². The van der Waals surface area contributed by atoms with Crippen LogP contribution in [0.5, 0.6) is 0 Å². The summed E-state index contributed by atoms with van der Waals surface area (Å²) in [5.41, 5.74) is 7.33. The van der Waals surface area contributed by atoms with Crippen molar-refractivity contribution in [2.75, 3.05) is 5.73 Å². The SMILES string of the molecule is Cc1csc(CC(O)c2cccnc2N)n1. The van der Waals surface area contributed by atoms with Crippen molar-refractivity contribution in [3.05, 3.63) is 40.0 Å². The van der Waals surface area contributed by atoms with Gasteiger partial charge in [0, 0.05) is 29.3 Å². The minimum Gasteiger partial charge on any atom is -0.388 e. The van der Waals surface area contributed by atoms with Crippen LogP contribution < -0.4 is 5.73 Å². The van der Waals surface area contributed by atoms with E-state index in [1.165, 1.54) is 0 Å². The second-order valence-electron chi connectivity index (χ2n) is 3.58. The summed E-state index contributed by atoms with van der Waals surface area (Å²) in [5.74, 6) is 0.378. The minimum absolute atomic E-state index is 0.378. The average Bonchev–Trinajstić information content (AvgIpc) is 2.64. The summed E-state index contributed by atoms with van der Waals surface area (Å²) in [6, 6.07) is 3.55. The van der Waals surface area contributed by atoms with Crippen LogP contribution in [-0.2, 0) is 6.42 Å². The Hall–Kier alpha value is -1.46. The van der Waals surface area contributed by atoms with Crippen LogP contribution in [0.15, 0.2) is 23.7 Å². The first-order chi connectivity index (χ1) is 7.66. The van der Waals surface area contributed by atoms with Crippen LogP contribution in [0.25, 0.3) is 0 Å². The molecular formula is C11H13N3OS. The molecule has 0 amide bonds. The quantitative estimate of drug-likeness (QED) is 0.849. The van der Waals surface area contributed by atoms with E-state index in [1.54, 1.807) is 29.7 Å². The fourth-order valence-corrected chi connectivity index (χ4v) is 2.29. The topological polar surface area (TPSA) is 72.0 Å². The number of nitrogens with zero attached hydrogens (tertiary/aromatic N) is 2. The van der Waals surface area contributed by atoms with Gasteiger partial charge in [0.05, 0.1) is 11.1 Å². The van der Waals surface area contributed by atoms with Crippen molar-refractivity contribution in [3.8, 4) is 0 Å². The minimum atomic E-state index is -0.640. The molecule has 16 heavy (non-hydrogen) atoms. The molecule has 2 rings (SSSR count). The maximum atomic E-state index is 10.0. The van der Waals surface area contributed by atoms with E-state index in [-0.39, 0.29) is 0 Å². The van der Waals surface area contributed by atoms with Gasteiger partial charge in [-0.25, -0.2) is 9.97 Å². The fourth-order valence-electron chi connectivity index (χ4n) is 1.48. The number of aliphatic hydroxyl groups excluding tert-OH is 1. The highest BCUT2D eigenvalue weighted by Crippen LogP contribution is 2.23. The van der Waals surface area contributed by atoms with Gasteiger partial charge in [0.2, 0.25) is 0 Å². The number of anilines is 1. The number of hydrogen-bond acceptors (Lipinski definition) is 5. The van der Waals surface area contributed by atoms with Crippen molar-refractivity contribution in [2.24, 2.45) is 0 Å². The predicted molar refractivity (Wildman–Crippen MR) is 64.2 cm³/mol. The summed E-state index contributed by atoms with van der Waals surface area (Å²) in [6.45, 7) is 1.94. The number of aliphatic hydroxyl groups is 1. The Morgan fingerprint density at radius 1 is 1.56 bits per heavy atom. The molecular weight excluding hydrogens is 222 g/mol. The number of nitrogens with two attached hydrogens (primary N) is 1. The van der Waals surface area contributed by atoms with Gasteiger partial charge in [0.1, 0.15) is 5.82 Å². The Morgan fingerprint density at radius 3 is 3.00 bits per heavy atom. The van der Waals surface area contributed by atoms with E-state index >= 15 is 0 Å². The van der Waals surface area contributed by atoms with Gasteiger partial charge in [0.25, 0.3) is 0 Å². The third-order valence-corrected chi connectivity index (χ3v) is 3.25. The van der Waals surface area contributed by atoms with Crippen LogP contribution in [0.3, 0.4) is 0 Å². The van der Waals surface area contributed by atoms with Crippen LogP contribution >= 0.6 is 11.3 Å². The number of rotatable bonds is 3. The van der Waals surface area contributed by atoms with E-state index in [2.05, 4.69) is 9.97 Å². The number of pyridine rings is 1. The number of thiazole rings is 1. The van der Waals surface area contributed by atoms with E-state index in [1.807, 2.05) is 12.3 Å². The van der Waals surface area contributed by atoms with Gasteiger partial charge in [-0.3, -0.25) is 0 Å². The molecule has 0 bridgehead atoms. The number of hydrogen-bond donors (Lipinski definition) is 2. The van der Waals surface area contributed by atoms with Crippen LogP contribution in [0.2, 0.25) is 0 Å². The van der Waals surface area contributed by atoms with Crippen LogP contribution in [-0.4, -0.2) is 15.1 Å². The number of aromatic nitrogens is 2. The molecule has 1 atom stereocenters. The highest BCUT2D eigenvalue weighted by atomic mass is 32.1. The maximum absolute atomic E-state index is 10.0. The summed E-state index contributed by atoms with van der Waals surface area (Å²) >= 11 is 1.55. The summed E-state index contributed by atoms with van der Waals surface area (Å²) in [6.07, 6.45) is 1.45. The normalized spacial score (nSPS) is 12.6. The number of nitrogen functional groups attached to an aromatic ring is 1. The third-order valence-electron chi connectivity index (χ3n) is 2.26. The maximum Gasteiger partial charge on any atom is 0.129 e. The molecule has 0 aliphatic heterocycles. The molecule has 0 aromatic carbocycles. The van der Waals surface area contributed by atoms with Crippen molar-refractivity contribution in [1.82, 2.24) is 9.97 Å². The predicted octanol–water partition coefficient (Wildman–Crippen LogP) is 1.70. The van der Waals surface area contributed by atoms with Crippen LogP contribution in [0, 0.1) is 6.92 Å². The molecule has 0 spiro atoms. The Kier molecular flexibility index (Phi) is 3.17. The monoisotopic (exact) mass is 235 g/mol. The molecule has 3 N–H and O–H groups in total. The first-order valence-electron chi connectivity index (χ1n) is 4.96. The van der Waals surface area contributed by atoms with Gasteiger partial charge < -0.3 is 10.8 Å². The zero-order chi connectivity index (χ0) is 11.5. The highest BCUT2D eigenvalue weighted by molar-refractivity contribution is 7.09. The summed E-state index contributed by atoms with van der Waals surface area (Å²) < 4.78 is 0. The van der Waals surface area contributed by atoms with Gasteiger partial charge in [-0.15, -0.1) is 11.3 Å². The third kappa shape index (κ3) is 2.37. The highest BCUT2D eigenvalue weighted by Gasteiger charge is 2.13. The van der Waals surface area contributed by atoms with E-state index in [4.69, 9.17) is 5.73 Å². The molecule has 4 nitrogen and oxygen atoms in total. The largest absolute Gasteiger partial charge is 0.388 e. The van der Waals surface area contributed by atoms with Gasteiger partial charge in [-0.1, -0.05) is 6.07 Å². The molecule has 2 aromatic heterocycles. The molecule has 0 saturated carbocycles. The molecule has 2 heterocycles. The summed E-state index contributed by atoms with van der Waals surface area (Å²) in [5, 5.41) is 12.9. The number of aryl methyl sites for hydroxylation is 1. The molecule has 1 unspecified atom stereocenters. The van der Waals surface area contributed by atoms with Gasteiger partial charge in [-0.05, 0) is 13.0 Å². The molecule has 5 heteroatoms. The first kappa shape index (κ1) is 11.0. The first-order valence-corrected chi connectivity index (χ1v) is 5.84. The lowest BCUT2D eigenvalue weighted by Gasteiger charge is -2.10. The zero-order valence-electron chi connectivity index (χ0n) is 8.92. The van der Waals surface area contributed by atoms with Gasteiger partial charge in [-0.2, -0.15) is 0 Å². The van der Waals surface area contributed by atoms with Crippen molar-refractivity contribution in [3.63, 3.8) is 0 Å². The Bertz CT molecular complexity index is 484. The summed E-state index contributed by atoms with van der Waals surface area (Å²) in [4.78, 5) is 8.25. The van der Waals surface area contributed by atoms with Crippen LogP contribution in [0.1, 0.15) is 22.4 Å². The van der Waals surface area contributed by atoms with E-state index in [0.29, 0.717) is 17.8 Å². The lowest BCUT2D eigenvalue weighted by atomic mass is 10.1. The summed E-state index contributed by atoms with van der Waals surface area (Å²) in [7, 11) is 0. The molecule has 2 aromatic rings. The van der Waals surface area contributed by atoms with E-state index in [0.717, 1.165) is 10.7 Å². The van der Waals surface area contributed by atoms with Crippen molar-refractivity contribution >= 4 is 17.2 Å². The Morgan fingerprint density at radius 2 is 2.38 bits per heavy atom. The van der Waals surface area contributed by atoms with Gasteiger partial charge >= 0.3 is 0 Å². The van der Waals surface area contributed by atoms with E-state index in [9.17, 15) is 5.11 Å². The Balaban J connectivity index is 2.14. The molecule has 0 saturated heterocycles. The second kappa shape index (κ2) is 4.59. The molecule has 0 aliphatic carbocycles. The Labute approximate surface area is 97.8 Å². The van der Waals surface area contributed by atoms with Gasteiger partial charge in [0.15, 0.2) is 0 Å². The molecule has 0 aliphatic rings. The average molecular weight is 235 g/mol. The smallest absolute Gasteiger partial charge is 0.129 e. The van der Waals surface area contributed by atoms with Crippen molar-refractivity contribution < 1.29 is 5.11 Å². The van der Waals surface area contributed by atoms with Crippen LogP contribution in [0.4, 0.5) is 5.82 Å². The molecule has 0 fully saturated rings. The second-order valence-corrected chi connectivity index (χ2v) is 4.52. The standard InChI is InChI=1S/C11H13N3OS/c1-7-6-16-10(14-7)5-9(15)8-3-2-4-13-11(8)12/h2-4,6,9,15H,5H2,1H3,(H2,12,13). The lowest BCUT2D eigenvalue weighted by molar-refractivity contribution is 0.179. The molecule has 84 valence electrons. The molecule has 0 radical (unpaired) electrons. The fraction of sp³-hybridized carbons (Fsp3) is 0.273.